The molecule has 0 saturated carbocycles. The van der Waals surface area contributed by atoms with Crippen molar-refractivity contribution in [2.24, 2.45) is 21.3 Å². The molecule has 0 bridgehead atoms. The number of rotatable bonds is 24. The Morgan fingerprint density at radius 3 is 2.30 bits per heavy atom. The van der Waals surface area contributed by atoms with Crippen LogP contribution in [0.4, 0.5) is 22.7 Å². The summed E-state index contributed by atoms with van der Waals surface area (Å²) in [7, 11) is 1.65. The summed E-state index contributed by atoms with van der Waals surface area (Å²) in [4.78, 5) is 89.3. The average Bonchev–Trinajstić information content (AvgIpc) is 4.20. The number of carbonyl (C=O) groups excluding carboxylic acids is 5. The average molecular weight is 1120 g/mol. The normalized spacial score (nSPS) is 18.8. The third kappa shape index (κ3) is 15.8. The first-order valence-corrected chi connectivity index (χ1v) is 29.5. The van der Waals surface area contributed by atoms with Crippen molar-refractivity contribution in [3.63, 3.8) is 0 Å². The van der Waals surface area contributed by atoms with Gasteiger partial charge in [-0.1, -0.05) is 108 Å². The summed E-state index contributed by atoms with van der Waals surface area (Å²) < 4.78 is 5.87. The molecule has 5 heterocycles. The Kier molecular flexibility index (Phi) is 20.7. The van der Waals surface area contributed by atoms with Crippen LogP contribution >= 0.6 is 11.3 Å². The second-order valence-corrected chi connectivity index (χ2v) is 23.6. The van der Waals surface area contributed by atoms with Crippen LogP contribution in [0.1, 0.15) is 110 Å². The van der Waals surface area contributed by atoms with Crippen molar-refractivity contribution >= 4 is 75.4 Å². The maximum atomic E-state index is 14.1. The maximum absolute atomic E-state index is 14.1. The van der Waals surface area contributed by atoms with Crippen LogP contribution in [-0.2, 0) is 30.5 Å². The van der Waals surface area contributed by atoms with E-state index in [9.17, 15) is 29.1 Å². The van der Waals surface area contributed by atoms with Crippen molar-refractivity contribution in [1.29, 1.82) is 0 Å². The number of piperazine rings is 1. The zero-order chi connectivity index (χ0) is 57.6. The second kappa shape index (κ2) is 28.0. The summed E-state index contributed by atoms with van der Waals surface area (Å²) >= 11 is 1.59. The molecule has 19 heteroatoms. The molecule has 432 valence electrons. The molecule has 5 amide bonds. The number of β-amino-alcohol motifs (C(OH)–C–C–N with tert-alkyl or cyclic N) is 1. The SMILES string of the molecule is C=CC(=O)Nc1cccc(N2C(=O)C=C(C)C3CN=C(Nc4ccc(N5CCN(CCCCCCCCCCCC(=O)NC(C(=O)N6CC(O)CC6C(=O)NCc6ccc(-c7scnc7C)cc6)C(C)(C)C)CC5)cc4OC)N=C32)c1. The number of anilines is 4. The number of unbranched alkanes of at least 4 members (excludes halogenated alkanes) is 8. The summed E-state index contributed by atoms with van der Waals surface area (Å²) in [5.74, 6) is 0.00800. The lowest BCUT2D eigenvalue weighted by atomic mass is 9.85. The third-order valence-corrected chi connectivity index (χ3v) is 16.6. The quantitative estimate of drug-likeness (QED) is 0.0330. The van der Waals surface area contributed by atoms with Crippen molar-refractivity contribution in [2.45, 2.75) is 130 Å². The lowest BCUT2D eigenvalue weighted by Gasteiger charge is -2.36. The zero-order valence-corrected chi connectivity index (χ0v) is 48.8. The van der Waals surface area contributed by atoms with E-state index in [1.54, 1.807) is 47.6 Å². The number of thiazole rings is 1. The molecule has 8 rings (SSSR count). The molecule has 1 aromatic heterocycles. The number of aliphatic hydroxyl groups excluding tert-OH is 1. The summed E-state index contributed by atoms with van der Waals surface area (Å²) in [6.07, 6.45) is 12.3. The maximum Gasteiger partial charge on any atom is 0.256 e. The molecule has 0 radical (unpaired) electrons. The summed E-state index contributed by atoms with van der Waals surface area (Å²) in [5, 5.41) is 22.7. The minimum Gasteiger partial charge on any atom is -0.494 e. The van der Waals surface area contributed by atoms with Crippen molar-refractivity contribution in [2.75, 3.05) is 73.4 Å². The predicted molar refractivity (Wildman–Crippen MR) is 323 cm³/mol. The number of fused-ring (bicyclic) bond motifs is 1. The number of guanidine groups is 1. The van der Waals surface area contributed by atoms with E-state index < -0.39 is 23.6 Å². The Hall–Kier alpha value is -7.22. The molecule has 4 unspecified atom stereocenters. The van der Waals surface area contributed by atoms with E-state index in [4.69, 9.17) is 14.7 Å². The molecule has 0 aliphatic carbocycles. The van der Waals surface area contributed by atoms with Gasteiger partial charge in [-0.15, -0.1) is 11.3 Å². The highest BCUT2D eigenvalue weighted by Crippen LogP contribution is 2.35. The van der Waals surface area contributed by atoms with Crippen LogP contribution in [0.15, 0.2) is 107 Å². The molecular formula is C62H81N11O7S. The Bertz CT molecular complexity index is 2980. The monoisotopic (exact) mass is 1120 g/mol. The number of aromatic nitrogens is 1. The number of aryl methyl sites for hydroxylation is 1. The summed E-state index contributed by atoms with van der Waals surface area (Å²) in [6.45, 7) is 18.8. The minimum absolute atomic E-state index is 0.0397. The van der Waals surface area contributed by atoms with Gasteiger partial charge in [0.15, 0.2) is 0 Å². The van der Waals surface area contributed by atoms with Gasteiger partial charge in [-0.3, -0.25) is 33.8 Å². The number of nitrogens with zero attached hydrogens (tertiary/aromatic N) is 7. The fourth-order valence-electron chi connectivity index (χ4n) is 11.0. The van der Waals surface area contributed by atoms with Crippen LogP contribution in [0.2, 0.25) is 0 Å². The van der Waals surface area contributed by atoms with Crippen LogP contribution in [0, 0.1) is 18.3 Å². The van der Waals surface area contributed by atoms with Crippen LogP contribution < -0.4 is 35.8 Å². The number of hydrogen-bond acceptors (Lipinski definition) is 14. The van der Waals surface area contributed by atoms with Crippen LogP contribution in [0.3, 0.4) is 0 Å². The fourth-order valence-corrected chi connectivity index (χ4v) is 11.8. The summed E-state index contributed by atoms with van der Waals surface area (Å²) in [5.41, 5.74) is 7.99. The predicted octanol–water partition coefficient (Wildman–Crippen LogP) is 8.87. The van der Waals surface area contributed by atoms with E-state index in [0.717, 1.165) is 97.1 Å². The molecule has 5 N–H and O–H groups in total. The van der Waals surface area contributed by atoms with Gasteiger partial charge in [-0.25, -0.2) is 9.98 Å². The molecule has 4 aliphatic rings. The van der Waals surface area contributed by atoms with E-state index in [2.05, 4.69) is 48.7 Å². The first-order valence-electron chi connectivity index (χ1n) is 28.7. The number of methoxy groups -OCH3 is 1. The number of carbonyl (C=O) groups is 5. The van der Waals surface area contributed by atoms with E-state index in [0.29, 0.717) is 41.9 Å². The topological polar surface area (TPSA) is 213 Å². The minimum atomic E-state index is -0.839. The molecule has 3 aromatic carbocycles. The highest BCUT2D eigenvalue weighted by Gasteiger charge is 2.44. The van der Waals surface area contributed by atoms with Crippen molar-refractivity contribution in [3.8, 4) is 16.2 Å². The Morgan fingerprint density at radius 2 is 1.62 bits per heavy atom. The van der Waals surface area contributed by atoms with Gasteiger partial charge < -0.3 is 40.9 Å². The molecule has 81 heavy (non-hydrogen) atoms. The van der Waals surface area contributed by atoms with Crippen molar-refractivity contribution < 1.29 is 33.8 Å². The molecule has 2 fully saturated rings. The van der Waals surface area contributed by atoms with Gasteiger partial charge in [-0.05, 0) is 86.2 Å². The number of amidine groups is 1. The Morgan fingerprint density at radius 1 is 0.901 bits per heavy atom. The Balaban J connectivity index is 0.693. The van der Waals surface area contributed by atoms with Gasteiger partial charge in [0.25, 0.3) is 5.91 Å². The number of amides is 5. The number of benzene rings is 3. The number of aliphatic hydroxyl groups is 1. The van der Waals surface area contributed by atoms with Crippen LogP contribution in [-0.4, -0.2) is 132 Å². The molecular weight excluding hydrogens is 1040 g/mol. The smallest absolute Gasteiger partial charge is 0.256 e. The van der Waals surface area contributed by atoms with E-state index >= 15 is 0 Å². The largest absolute Gasteiger partial charge is 0.494 e. The van der Waals surface area contributed by atoms with E-state index in [1.807, 2.05) is 82.6 Å². The standard InChI is InChI=1S/C62H81N11O7S/c1-8-53(75)66-45-19-18-20-47(34-45)73-55(77)33-41(2)49-38-64-61(69-58(49)73)67-50-27-26-46(35-52(50)80-7)71-31-29-70(30-32-71)28-17-15-13-11-9-10-12-14-16-21-54(76)68-57(62(4,5)6)60(79)72-39-48(74)36-51(72)59(78)63-37-43-22-24-44(25-23-43)56-42(3)65-40-81-56/h8,18-20,22-27,33-35,40,48-49,51,57,74H,1,9-17,21,28-32,36-39H2,2-7H3,(H,63,78)(H,64,67)(H,66,75)(H,68,76). The number of nitrogens with one attached hydrogen (secondary N) is 4. The molecule has 4 atom stereocenters. The van der Waals surface area contributed by atoms with Crippen molar-refractivity contribution in [1.82, 2.24) is 25.4 Å². The molecule has 4 aliphatic heterocycles. The highest BCUT2D eigenvalue weighted by atomic mass is 32.1. The number of likely N-dealkylation sites (tertiary alicyclic amines) is 1. The number of hydrogen-bond donors (Lipinski definition) is 5. The van der Waals surface area contributed by atoms with Gasteiger partial charge in [0.05, 0.1) is 53.1 Å². The van der Waals surface area contributed by atoms with Gasteiger partial charge in [0, 0.05) is 75.6 Å². The lowest BCUT2D eigenvalue weighted by molar-refractivity contribution is -0.144. The fraction of sp³-hybridized carbons (Fsp3) is 0.484. The summed E-state index contributed by atoms with van der Waals surface area (Å²) in [6, 6.07) is 19.5. The highest BCUT2D eigenvalue weighted by molar-refractivity contribution is 7.13. The second-order valence-electron chi connectivity index (χ2n) is 22.7. The first kappa shape index (κ1) is 59.9. The number of ether oxygens (including phenoxy) is 1. The van der Waals surface area contributed by atoms with Crippen LogP contribution in [0.25, 0.3) is 10.4 Å². The van der Waals surface area contributed by atoms with Crippen molar-refractivity contribution in [3.05, 3.63) is 108 Å². The molecule has 2 saturated heterocycles. The van der Waals surface area contributed by atoms with Crippen LogP contribution in [0.5, 0.6) is 5.75 Å². The van der Waals surface area contributed by atoms with Gasteiger partial charge >= 0.3 is 0 Å². The molecule has 4 aromatic rings. The third-order valence-electron chi connectivity index (χ3n) is 15.6. The van der Waals surface area contributed by atoms with E-state index in [1.165, 1.54) is 43.1 Å². The molecule has 0 spiro atoms. The Labute approximate surface area is 481 Å². The van der Waals surface area contributed by atoms with Gasteiger partial charge in [-0.2, -0.15) is 4.99 Å². The van der Waals surface area contributed by atoms with Gasteiger partial charge in [0.2, 0.25) is 29.6 Å². The van der Waals surface area contributed by atoms with E-state index in [-0.39, 0.29) is 55.0 Å². The number of aliphatic imine (C=N–C) groups is 2. The molecule has 18 nitrogen and oxygen atoms in total. The van der Waals surface area contributed by atoms with Gasteiger partial charge in [0.1, 0.15) is 23.7 Å². The lowest BCUT2D eigenvalue weighted by Crippen LogP contribution is -2.57. The zero-order valence-electron chi connectivity index (χ0n) is 48.0. The first-order chi connectivity index (χ1) is 39.0.